The number of anilines is 2. The monoisotopic (exact) mass is 799 g/mol. The lowest BCUT2D eigenvalue weighted by Crippen LogP contribution is -2.31. The fraction of sp³-hybridized carbons (Fsp3) is 0.410. The van der Waals surface area contributed by atoms with E-state index in [9.17, 15) is 22.0 Å². The number of methoxy groups -OCH3 is 4. The summed E-state index contributed by atoms with van der Waals surface area (Å²) >= 11 is 6.69. The fourth-order valence-electron chi connectivity index (χ4n) is 6.67. The third-order valence-corrected chi connectivity index (χ3v) is 12.0. The largest absolute Gasteiger partial charge is 0.497 e. The minimum absolute atomic E-state index is 0.0114. The van der Waals surface area contributed by atoms with Crippen LogP contribution in [0.3, 0.4) is 0 Å². The van der Waals surface area contributed by atoms with Gasteiger partial charge in [0, 0.05) is 86.1 Å². The predicted octanol–water partition coefficient (Wildman–Crippen LogP) is 7.70. The summed E-state index contributed by atoms with van der Waals surface area (Å²) < 4.78 is 80.9. The predicted molar refractivity (Wildman–Crippen MR) is 205 cm³/mol. The first-order valence-electron chi connectivity index (χ1n) is 17.9. The molecule has 0 radical (unpaired) electrons. The summed E-state index contributed by atoms with van der Waals surface area (Å²) in [6, 6.07) is 14.4. The highest BCUT2D eigenvalue weighted by Gasteiger charge is 2.35. The Morgan fingerprint density at radius 2 is 1.53 bits per heavy atom. The lowest BCUT2D eigenvalue weighted by Gasteiger charge is -2.29. The van der Waals surface area contributed by atoms with E-state index in [1.807, 2.05) is 0 Å². The van der Waals surface area contributed by atoms with Gasteiger partial charge in [0.2, 0.25) is 5.92 Å². The molecule has 2 aromatic heterocycles. The van der Waals surface area contributed by atoms with Crippen LogP contribution in [0.25, 0.3) is 0 Å². The van der Waals surface area contributed by atoms with Gasteiger partial charge in [0.1, 0.15) is 28.8 Å². The molecule has 294 valence electrons. The van der Waals surface area contributed by atoms with E-state index in [1.54, 1.807) is 41.3 Å². The molecule has 12 nitrogen and oxygen atoms in total. The number of amides is 1. The summed E-state index contributed by atoms with van der Waals surface area (Å²) in [5.41, 5.74) is 1.99. The van der Waals surface area contributed by atoms with E-state index < -0.39 is 21.9 Å². The van der Waals surface area contributed by atoms with Crippen molar-refractivity contribution in [2.45, 2.75) is 68.5 Å². The summed E-state index contributed by atoms with van der Waals surface area (Å²) in [6.45, 7) is 0.0505. The maximum absolute atomic E-state index is 14.5. The number of carbonyl (C=O) groups is 1. The number of nitrogens with one attached hydrogen (secondary N) is 1. The average Bonchev–Trinajstić information content (AvgIpc) is 3.34. The number of nitrogens with zero attached hydrogens (tertiary/aromatic N) is 4. The number of hydrogen-bond donors (Lipinski definition) is 1. The van der Waals surface area contributed by atoms with Gasteiger partial charge in [-0.05, 0) is 43.5 Å². The number of ether oxygens (including phenoxy) is 4. The van der Waals surface area contributed by atoms with Crippen molar-refractivity contribution in [3.63, 3.8) is 0 Å². The van der Waals surface area contributed by atoms with E-state index in [2.05, 4.69) is 10.3 Å². The average molecular weight is 800 g/mol. The first-order chi connectivity index (χ1) is 26.3. The minimum Gasteiger partial charge on any atom is -0.497 e. The molecule has 2 aromatic carbocycles. The first-order valence-corrected chi connectivity index (χ1v) is 19.7. The summed E-state index contributed by atoms with van der Waals surface area (Å²) in [5.74, 6) is -1.15. The van der Waals surface area contributed by atoms with Gasteiger partial charge < -0.3 is 29.2 Å². The zero-order valence-corrected chi connectivity index (χ0v) is 32.7. The third kappa shape index (κ3) is 9.05. The molecule has 0 atom stereocenters. The molecular formula is C39H44ClF2N5O7S. The smallest absolute Gasteiger partial charge is 0.261 e. The number of carbonyl (C=O) groups excluding carboxylic acids is 1. The molecule has 1 aliphatic carbocycles. The number of benzene rings is 2. The number of halogens is 3. The molecule has 3 heterocycles. The van der Waals surface area contributed by atoms with Crippen LogP contribution in [0.2, 0.25) is 5.02 Å². The minimum atomic E-state index is -4.38. The molecule has 1 saturated heterocycles. The second kappa shape index (κ2) is 17.0. The second-order valence-electron chi connectivity index (χ2n) is 13.5. The van der Waals surface area contributed by atoms with Crippen molar-refractivity contribution in [3.05, 3.63) is 88.2 Å². The van der Waals surface area contributed by atoms with Gasteiger partial charge in [-0.1, -0.05) is 30.2 Å². The Bertz CT molecular complexity index is 2080. The number of pyridine rings is 2. The number of hydrogen-bond acceptors (Lipinski definition) is 10. The summed E-state index contributed by atoms with van der Waals surface area (Å²) in [7, 11) is 1.62. The van der Waals surface area contributed by atoms with Crippen molar-refractivity contribution in [1.82, 2.24) is 14.3 Å². The van der Waals surface area contributed by atoms with Crippen LogP contribution in [-0.2, 0) is 23.1 Å². The van der Waals surface area contributed by atoms with Gasteiger partial charge in [0.25, 0.3) is 15.9 Å². The molecular weight excluding hydrogens is 756 g/mol. The van der Waals surface area contributed by atoms with Crippen LogP contribution in [0.15, 0.2) is 65.8 Å². The fourth-order valence-corrected chi connectivity index (χ4v) is 8.33. The van der Waals surface area contributed by atoms with Crippen LogP contribution in [0.4, 0.5) is 20.3 Å². The van der Waals surface area contributed by atoms with E-state index in [1.165, 1.54) is 57.1 Å². The number of sulfonamides is 1. The van der Waals surface area contributed by atoms with Crippen molar-refractivity contribution in [2.75, 3.05) is 51.7 Å². The maximum atomic E-state index is 14.5. The van der Waals surface area contributed by atoms with Gasteiger partial charge in [0.15, 0.2) is 5.03 Å². The Kier molecular flexibility index (Phi) is 12.3. The third-order valence-electron chi connectivity index (χ3n) is 10.0. The number of rotatable bonds is 14. The van der Waals surface area contributed by atoms with Crippen LogP contribution < -0.4 is 29.2 Å². The Labute approximate surface area is 324 Å². The molecule has 4 aromatic rings. The standard InChI is InChI=1S/C39H44ClF2N5O7S/c1-51-29-11-9-26(33(20-29)53-3)23-47(24-27-10-12-30(52-2)21-34(27)54-4)55(49,50)35-19-28(13-16-43-35)44-38(48)31-22-32(40)36(25-7-5-8-25)45-37(31)46-17-6-14-39(41,42)15-18-46/h9-13,16,19-22,25H,5-8,14-15,17-18,23-24H2,1-4H3,(H,43,44,48). The van der Waals surface area contributed by atoms with Gasteiger partial charge in [-0.15, -0.1) is 0 Å². The Balaban J connectivity index is 1.34. The van der Waals surface area contributed by atoms with Crippen molar-refractivity contribution in [2.24, 2.45) is 0 Å². The van der Waals surface area contributed by atoms with E-state index in [-0.39, 0.29) is 66.9 Å². The molecule has 55 heavy (non-hydrogen) atoms. The number of aromatic nitrogens is 2. The molecule has 1 N–H and O–H groups in total. The molecule has 2 fully saturated rings. The zero-order chi connectivity index (χ0) is 39.3. The normalized spacial score (nSPS) is 15.9. The van der Waals surface area contributed by atoms with Crippen molar-refractivity contribution < 1.29 is 40.9 Å². The molecule has 1 saturated carbocycles. The lowest BCUT2D eigenvalue weighted by molar-refractivity contribution is -0.0102. The Morgan fingerprint density at radius 1 is 0.891 bits per heavy atom. The topological polar surface area (TPSA) is 132 Å². The SMILES string of the molecule is COc1ccc(CN(Cc2ccc(OC)cc2OC)S(=O)(=O)c2cc(NC(=O)c3cc(Cl)c(C4CCC4)nc3N3CCCC(F)(F)CC3)ccn2)c(OC)c1. The first kappa shape index (κ1) is 39.9. The highest BCUT2D eigenvalue weighted by molar-refractivity contribution is 7.89. The molecule has 1 amide bonds. The van der Waals surface area contributed by atoms with Crippen LogP contribution in [-0.4, -0.2) is 76.0 Å². The Hall–Kier alpha value is -4.73. The molecule has 0 spiro atoms. The highest BCUT2D eigenvalue weighted by atomic mass is 35.5. The van der Waals surface area contributed by atoms with E-state index >= 15 is 0 Å². The summed E-state index contributed by atoms with van der Waals surface area (Å²) in [5, 5.41) is 2.76. The molecule has 0 bridgehead atoms. The number of alkyl halides is 2. The van der Waals surface area contributed by atoms with Gasteiger partial charge >= 0.3 is 0 Å². The summed E-state index contributed by atoms with van der Waals surface area (Å²) in [4.78, 5) is 24.8. The molecule has 2 aliphatic rings. The maximum Gasteiger partial charge on any atom is 0.261 e. The van der Waals surface area contributed by atoms with Crippen LogP contribution in [0, 0.1) is 0 Å². The highest BCUT2D eigenvalue weighted by Crippen LogP contribution is 2.41. The molecule has 0 unspecified atom stereocenters. The van der Waals surface area contributed by atoms with Crippen LogP contribution in [0.1, 0.15) is 71.6 Å². The van der Waals surface area contributed by atoms with Gasteiger partial charge in [0.05, 0.1) is 44.7 Å². The van der Waals surface area contributed by atoms with Crippen LogP contribution >= 0.6 is 11.6 Å². The van der Waals surface area contributed by atoms with Crippen LogP contribution in [0.5, 0.6) is 23.0 Å². The molecule has 16 heteroatoms. The van der Waals surface area contributed by atoms with E-state index in [4.69, 9.17) is 35.5 Å². The zero-order valence-electron chi connectivity index (χ0n) is 31.1. The molecule has 6 rings (SSSR count). The van der Waals surface area contributed by atoms with E-state index in [0.29, 0.717) is 51.4 Å². The van der Waals surface area contributed by atoms with Crippen molar-refractivity contribution in [3.8, 4) is 23.0 Å². The van der Waals surface area contributed by atoms with Crippen molar-refractivity contribution >= 4 is 39.0 Å². The molecule has 1 aliphatic heterocycles. The van der Waals surface area contributed by atoms with Crippen molar-refractivity contribution in [1.29, 1.82) is 0 Å². The van der Waals surface area contributed by atoms with Gasteiger partial charge in [-0.25, -0.2) is 27.2 Å². The Morgan fingerprint density at radius 3 is 2.09 bits per heavy atom. The van der Waals surface area contributed by atoms with E-state index in [0.717, 1.165) is 19.3 Å². The quantitative estimate of drug-likeness (QED) is 0.135. The van der Waals surface area contributed by atoms with Gasteiger partial charge in [-0.2, -0.15) is 4.31 Å². The lowest BCUT2D eigenvalue weighted by atomic mass is 9.82. The second-order valence-corrected chi connectivity index (χ2v) is 15.8. The van der Waals surface area contributed by atoms with Gasteiger partial charge in [-0.3, -0.25) is 4.79 Å². The summed E-state index contributed by atoms with van der Waals surface area (Å²) in [6.07, 6.45) is 3.71.